The Hall–Kier alpha value is -3.47. The van der Waals surface area contributed by atoms with Crippen LogP contribution in [0.5, 0.6) is 0 Å². The topological polar surface area (TPSA) is 62.3 Å². The van der Waals surface area contributed by atoms with Gasteiger partial charge in [-0.25, -0.2) is 0 Å². The van der Waals surface area contributed by atoms with Crippen LogP contribution in [-0.2, 0) is 13.1 Å². The molecular formula is C24H25N3O2. The molecule has 0 atom stereocenters. The monoisotopic (exact) mass is 387 g/mol. The smallest absolute Gasteiger partial charge is 0.255 e. The molecule has 0 saturated heterocycles. The maximum absolute atomic E-state index is 12.9. The molecule has 0 bridgehead atoms. The number of benzene rings is 2. The van der Waals surface area contributed by atoms with Crippen molar-refractivity contribution in [1.29, 1.82) is 0 Å². The highest BCUT2D eigenvalue weighted by Crippen LogP contribution is 2.11. The molecule has 0 aliphatic carbocycles. The van der Waals surface area contributed by atoms with Crippen molar-refractivity contribution in [2.24, 2.45) is 0 Å². The summed E-state index contributed by atoms with van der Waals surface area (Å²) >= 11 is 0. The minimum absolute atomic E-state index is 0.142. The summed E-state index contributed by atoms with van der Waals surface area (Å²) in [6, 6.07) is 19.4. The van der Waals surface area contributed by atoms with E-state index in [1.54, 1.807) is 11.0 Å². The third-order valence-electron chi connectivity index (χ3n) is 4.71. The molecule has 2 amide bonds. The number of nitrogens with one attached hydrogen (secondary N) is 1. The van der Waals surface area contributed by atoms with E-state index in [0.29, 0.717) is 30.8 Å². The normalized spacial score (nSPS) is 10.4. The van der Waals surface area contributed by atoms with Gasteiger partial charge in [-0.05, 0) is 31.0 Å². The van der Waals surface area contributed by atoms with Gasteiger partial charge in [0.2, 0.25) is 0 Å². The Kier molecular flexibility index (Phi) is 6.74. The SMILES string of the molecule is CCN(Cc1ccccc1)C(=O)c1cncc(C(=O)NCc2ccc(C)cc2)c1. The van der Waals surface area contributed by atoms with Crippen LogP contribution in [0, 0.1) is 6.92 Å². The Morgan fingerprint density at radius 1 is 0.931 bits per heavy atom. The van der Waals surface area contributed by atoms with Gasteiger partial charge in [-0.3, -0.25) is 14.6 Å². The molecule has 3 rings (SSSR count). The third-order valence-corrected chi connectivity index (χ3v) is 4.71. The van der Waals surface area contributed by atoms with Crippen LogP contribution in [0.15, 0.2) is 73.1 Å². The minimum Gasteiger partial charge on any atom is -0.348 e. The van der Waals surface area contributed by atoms with E-state index in [4.69, 9.17) is 0 Å². The molecule has 0 fully saturated rings. The highest BCUT2D eigenvalue weighted by Gasteiger charge is 2.17. The summed E-state index contributed by atoms with van der Waals surface area (Å²) in [5, 5.41) is 2.88. The summed E-state index contributed by atoms with van der Waals surface area (Å²) in [5.41, 5.74) is 4.03. The van der Waals surface area contributed by atoms with Gasteiger partial charge in [0.15, 0.2) is 0 Å². The second kappa shape index (κ2) is 9.64. The lowest BCUT2D eigenvalue weighted by Gasteiger charge is -2.21. The summed E-state index contributed by atoms with van der Waals surface area (Å²) in [7, 11) is 0. The number of aryl methyl sites for hydroxylation is 1. The van der Waals surface area contributed by atoms with Gasteiger partial charge in [-0.1, -0.05) is 60.2 Å². The van der Waals surface area contributed by atoms with Crippen LogP contribution in [0.1, 0.15) is 44.3 Å². The molecule has 0 unspecified atom stereocenters. The average molecular weight is 387 g/mol. The largest absolute Gasteiger partial charge is 0.348 e. The zero-order valence-corrected chi connectivity index (χ0v) is 16.8. The van der Waals surface area contributed by atoms with Gasteiger partial charge in [-0.15, -0.1) is 0 Å². The Labute approximate surface area is 171 Å². The summed E-state index contributed by atoms with van der Waals surface area (Å²) in [5.74, 6) is -0.393. The van der Waals surface area contributed by atoms with Gasteiger partial charge in [-0.2, -0.15) is 0 Å². The number of aromatic nitrogens is 1. The number of nitrogens with zero attached hydrogens (tertiary/aromatic N) is 2. The van der Waals surface area contributed by atoms with E-state index in [0.717, 1.165) is 11.1 Å². The molecule has 1 N–H and O–H groups in total. The lowest BCUT2D eigenvalue weighted by molar-refractivity contribution is 0.0752. The van der Waals surface area contributed by atoms with Crippen molar-refractivity contribution in [3.05, 3.63) is 101 Å². The summed E-state index contributed by atoms with van der Waals surface area (Å²) in [6.07, 6.45) is 2.99. The van der Waals surface area contributed by atoms with Crippen LogP contribution in [-0.4, -0.2) is 28.2 Å². The summed E-state index contributed by atoms with van der Waals surface area (Å²) < 4.78 is 0. The molecule has 1 heterocycles. The zero-order chi connectivity index (χ0) is 20.6. The van der Waals surface area contributed by atoms with Crippen LogP contribution in [0.2, 0.25) is 0 Å². The number of amides is 2. The molecule has 3 aromatic rings. The Balaban J connectivity index is 1.67. The number of carbonyl (C=O) groups is 2. The van der Waals surface area contributed by atoms with E-state index < -0.39 is 0 Å². The molecule has 1 aromatic heterocycles. The third kappa shape index (κ3) is 5.51. The fraction of sp³-hybridized carbons (Fsp3) is 0.208. The molecule has 29 heavy (non-hydrogen) atoms. The van der Waals surface area contributed by atoms with Gasteiger partial charge in [0.25, 0.3) is 11.8 Å². The van der Waals surface area contributed by atoms with Gasteiger partial charge in [0, 0.05) is 32.0 Å². The van der Waals surface area contributed by atoms with Crippen LogP contribution in [0.3, 0.4) is 0 Å². The summed E-state index contributed by atoms with van der Waals surface area (Å²) in [6.45, 7) is 5.46. The molecule has 0 radical (unpaired) electrons. The van der Waals surface area contributed by atoms with E-state index >= 15 is 0 Å². The van der Waals surface area contributed by atoms with Crippen LogP contribution in [0.25, 0.3) is 0 Å². The van der Waals surface area contributed by atoms with Gasteiger partial charge < -0.3 is 10.2 Å². The van der Waals surface area contributed by atoms with E-state index in [1.807, 2.05) is 68.4 Å². The van der Waals surface area contributed by atoms with E-state index in [1.165, 1.54) is 18.0 Å². The fourth-order valence-electron chi connectivity index (χ4n) is 2.98. The van der Waals surface area contributed by atoms with Crippen molar-refractivity contribution >= 4 is 11.8 Å². The first kappa shape index (κ1) is 20.3. The molecule has 5 heteroatoms. The van der Waals surface area contributed by atoms with Crippen LogP contribution >= 0.6 is 0 Å². The first-order valence-corrected chi connectivity index (χ1v) is 9.69. The second-order valence-corrected chi connectivity index (χ2v) is 6.94. The van der Waals surface area contributed by atoms with E-state index in [-0.39, 0.29) is 11.8 Å². The first-order valence-electron chi connectivity index (χ1n) is 9.69. The predicted molar refractivity (Wildman–Crippen MR) is 113 cm³/mol. The molecule has 5 nitrogen and oxygen atoms in total. The quantitative estimate of drug-likeness (QED) is 0.667. The van der Waals surface area contributed by atoms with Gasteiger partial charge >= 0.3 is 0 Å². The molecule has 0 saturated carbocycles. The predicted octanol–water partition coefficient (Wildman–Crippen LogP) is 3.98. The fourth-order valence-corrected chi connectivity index (χ4v) is 2.98. The molecule has 2 aromatic carbocycles. The standard InChI is InChI=1S/C24H25N3O2/c1-3-27(17-20-7-5-4-6-8-20)24(29)22-13-21(15-25-16-22)23(28)26-14-19-11-9-18(2)10-12-19/h4-13,15-16H,3,14,17H2,1-2H3,(H,26,28). The number of hydrogen-bond acceptors (Lipinski definition) is 3. The van der Waals surface area contributed by atoms with Crippen molar-refractivity contribution in [1.82, 2.24) is 15.2 Å². The molecular weight excluding hydrogens is 362 g/mol. The Morgan fingerprint density at radius 3 is 2.31 bits per heavy atom. The van der Waals surface area contributed by atoms with Crippen molar-refractivity contribution in [3.63, 3.8) is 0 Å². The zero-order valence-electron chi connectivity index (χ0n) is 16.8. The van der Waals surface area contributed by atoms with Crippen molar-refractivity contribution < 1.29 is 9.59 Å². The number of carbonyl (C=O) groups excluding carboxylic acids is 2. The lowest BCUT2D eigenvalue weighted by Crippen LogP contribution is -2.31. The number of pyridine rings is 1. The molecule has 148 valence electrons. The Bertz CT molecular complexity index is 969. The molecule has 0 spiro atoms. The average Bonchev–Trinajstić information content (AvgIpc) is 2.77. The van der Waals surface area contributed by atoms with Crippen LogP contribution in [0.4, 0.5) is 0 Å². The highest BCUT2D eigenvalue weighted by atomic mass is 16.2. The maximum Gasteiger partial charge on any atom is 0.255 e. The summed E-state index contributed by atoms with van der Waals surface area (Å²) in [4.78, 5) is 31.3. The molecule has 0 aliphatic rings. The van der Waals surface area contributed by atoms with Gasteiger partial charge in [0.1, 0.15) is 0 Å². The minimum atomic E-state index is -0.251. The van der Waals surface area contributed by atoms with E-state index in [9.17, 15) is 9.59 Å². The lowest BCUT2D eigenvalue weighted by atomic mass is 10.1. The first-order chi connectivity index (χ1) is 14.1. The molecule has 0 aliphatic heterocycles. The number of hydrogen-bond donors (Lipinski definition) is 1. The van der Waals surface area contributed by atoms with Crippen molar-refractivity contribution in [3.8, 4) is 0 Å². The number of rotatable bonds is 7. The Morgan fingerprint density at radius 2 is 1.62 bits per heavy atom. The van der Waals surface area contributed by atoms with Crippen molar-refractivity contribution in [2.45, 2.75) is 26.9 Å². The van der Waals surface area contributed by atoms with Gasteiger partial charge in [0.05, 0.1) is 11.1 Å². The van der Waals surface area contributed by atoms with Crippen molar-refractivity contribution in [2.75, 3.05) is 6.54 Å². The second-order valence-electron chi connectivity index (χ2n) is 6.94. The maximum atomic E-state index is 12.9. The highest BCUT2D eigenvalue weighted by molar-refractivity contribution is 5.99. The van der Waals surface area contributed by atoms with Crippen LogP contribution < -0.4 is 5.32 Å². The van der Waals surface area contributed by atoms with E-state index in [2.05, 4.69) is 10.3 Å².